The van der Waals surface area contributed by atoms with Gasteiger partial charge in [-0.25, -0.2) is 0 Å². The summed E-state index contributed by atoms with van der Waals surface area (Å²) in [5.74, 6) is 0.876. The van der Waals surface area contributed by atoms with Crippen molar-refractivity contribution in [1.82, 2.24) is 10.2 Å². The van der Waals surface area contributed by atoms with Crippen LogP contribution in [0.1, 0.15) is 58.3 Å². The van der Waals surface area contributed by atoms with E-state index in [1.54, 1.807) is 4.90 Å². The highest BCUT2D eigenvalue weighted by atomic mass is 16.2. The van der Waals surface area contributed by atoms with Gasteiger partial charge in [-0.3, -0.25) is 9.59 Å². The van der Waals surface area contributed by atoms with Gasteiger partial charge in [0.2, 0.25) is 0 Å². The largest absolute Gasteiger partial charge is 0.342 e. The Morgan fingerprint density at radius 1 is 1.00 bits per heavy atom. The first-order valence-electron chi connectivity index (χ1n) is 8.19. The number of likely N-dealkylation sites (tertiary alicyclic amines) is 1. The summed E-state index contributed by atoms with van der Waals surface area (Å²) < 4.78 is 0. The lowest BCUT2D eigenvalue weighted by molar-refractivity contribution is -0.148. The first-order valence-corrected chi connectivity index (χ1v) is 8.19. The highest BCUT2D eigenvalue weighted by Crippen LogP contribution is 2.44. The van der Waals surface area contributed by atoms with Gasteiger partial charge in [0.15, 0.2) is 0 Å². The Balaban J connectivity index is 1.57. The Labute approximate surface area is 121 Å². The van der Waals surface area contributed by atoms with Gasteiger partial charge >= 0.3 is 11.8 Å². The van der Waals surface area contributed by atoms with Gasteiger partial charge in [-0.05, 0) is 63.2 Å². The fourth-order valence-corrected chi connectivity index (χ4v) is 4.09. The first kappa shape index (κ1) is 13.9. The van der Waals surface area contributed by atoms with E-state index in [-0.39, 0.29) is 17.4 Å². The molecule has 1 aliphatic heterocycles. The summed E-state index contributed by atoms with van der Waals surface area (Å²) in [6.07, 6.45) is 8.88. The minimum atomic E-state index is -0.361. The number of carbonyl (C=O) groups excluding carboxylic acids is 2. The predicted molar refractivity (Wildman–Crippen MR) is 77.0 cm³/mol. The third kappa shape index (κ3) is 2.70. The molecule has 4 rings (SSSR count). The van der Waals surface area contributed by atoms with Crippen LogP contribution in [0, 0.1) is 11.8 Å². The van der Waals surface area contributed by atoms with Crippen LogP contribution in [0.2, 0.25) is 0 Å². The van der Waals surface area contributed by atoms with Gasteiger partial charge in [0.1, 0.15) is 0 Å². The molecular formula is C16H26N2O2. The molecule has 0 aromatic carbocycles. The molecule has 112 valence electrons. The fraction of sp³-hybridized carbons (Fsp3) is 0.875. The highest BCUT2D eigenvalue weighted by Gasteiger charge is 2.42. The Morgan fingerprint density at radius 3 is 2.10 bits per heavy atom. The number of fused-ring (bicyclic) bond motifs is 3. The number of nitrogens with one attached hydrogen (secondary N) is 1. The van der Waals surface area contributed by atoms with Crippen LogP contribution in [0.25, 0.3) is 0 Å². The molecule has 4 fully saturated rings. The van der Waals surface area contributed by atoms with Crippen LogP contribution in [0.4, 0.5) is 0 Å². The zero-order valence-electron chi connectivity index (χ0n) is 12.5. The van der Waals surface area contributed by atoms with E-state index in [4.69, 9.17) is 0 Å². The topological polar surface area (TPSA) is 49.4 Å². The maximum atomic E-state index is 12.3. The number of nitrogens with zero attached hydrogens (tertiary/aromatic N) is 1. The summed E-state index contributed by atoms with van der Waals surface area (Å²) in [4.78, 5) is 26.3. The molecule has 3 saturated carbocycles. The van der Waals surface area contributed by atoms with Crippen molar-refractivity contribution in [3.8, 4) is 0 Å². The van der Waals surface area contributed by atoms with E-state index in [0.29, 0.717) is 5.92 Å². The second-order valence-corrected chi connectivity index (χ2v) is 7.19. The van der Waals surface area contributed by atoms with E-state index >= 15 is 0 Å². The highest BCUT2D eigenvalue weighted by molar-refractivity contribution is 6.35. The Hall–Kier alpha value is -1.06. The normalized spacial score (nSPS) is 34.0. The van der Waals surface area contributed by atoms with Crippen molar-refractivity contribution < 1.29 is 9.59 Å². The molecule has 2 bridgehead atoms. The zero-order chi connectivity index (χ0) is 14.2. The van der Waals surface area contributed by atoms with Gasteiger partial charge in [0.05, 0.1) is 0 Å². The Kier molecular flexibility index (Phi) is 3.74. The van der Waals surface area contributed by atoms with Gasteiger partial charge in [0.25, 0.3) is 0 Å². The molecule has 4 heteroatoms. The summed E-state index contributed by atoms with van der Waals surface area (Å²) in [5, 5.41) is 3.10. The second kappa shape index (κ2) is 5.38. The van der Waals surface area contributed by atoms with E-state index in [0.717, 1.165) is 51.1 Å². The molecular weight excluding hydrogens is 252 g/mol. The van der Waals surface area contributed by atoms with Crippen molar-refractivity contribution in [3.63, 3.8) is 0 Å². The molecule has 0 aromatic rings. The number of carbonyl (C=O) groups is 2. The van der Waals surface area contributed by atoms with E-state index < -0.39 is 0 Å². The van der Waals surface area contributed by atoms with Crippen LogP contribution in [0.15, 0.2) is 0 Å². The van der Waals surface area contributed by atoms with Crippen molar-refractivity contribution >= 4 is 11.8 Å². The molecule has 4 nitrogen and oxygen atoms in total. The summed E-state index contributed by atoms with van der Waals surface area (Å²) in [6, 6.07) is 0. The number of hydrogen-bond acceptors (Lipinski definition) is 2. The standard InChI is InChI=1S/C16H26N2O2/c1-12-5-10-18(11-6-12)15(20)14(19)17-16-7-2-13(3-8-16)4-9-16/h12-13H,2-11H2,1H3,(H,17,19). The predicted octanol–water partition coefficient (Wildman–Crippen LogP) is 2.08. The monoisotopic (exact) mass is 278 g/mol. The maximum Gasteiger partial charge on any atom is 0.311 e. The van der Waals surface area contributed by atoms with Crippen LogP contribution in [-0.2, 0) is 9.59 Å². The van der Waals surface area contributed by atoms with Crippen LogP contribution in [-0.4, -0.2) is 35.3 Å². The van der Waals surface area contributed by atoms with E-state index in [9.17, 15) is 9.59 Å². The molecule has 0 aromatic heterocycles. The van der Waals surface area contributed by atoms with Gasteiger partial charge in [-0.2, -0.15) is 0 Å². The van der Waals surface area contributed by atoms with Gasteiger partial charge in [-0.15, -0.1) is 0 Å². The van der Waals surface area contributed by atoms with Crippen molar-refractivity contribution in [1.29, 1.82) is 0 Å². The lowest BCUT2D eigenvalue weighted by Gasteiger charge is -2.47. The minimum Gasteiger partial charge on any atom is -0.342 e. The lowest BCUT2D eigenvalue weighted by atomic mass is 9.66. The molecule has 0 spiro atoms. The fourth-order valence-electron chi connectivity index (χ4n) is 4.09. The molecule has 1 heterocycles. The molecule has 0 unspecified atom stereocenters. The number of hydrogen-bond donors (Lipinski definition) is 1. The SMILES string of the molecule is CC1CCN(C(=O)C(=O)NC23CCC(CC2)CC3)CC1. The second-order valence-electron chi connectivity index (χ2n) is 7.19. The van der Waals surface area contributed by atoms with Crippen molar-refractivity contribution in [2.45, 2.75) is 63.8 Å². The summed E-state index contributed by atoms with van der Waals surface area (Å²) in [5.41, 5.74) is -0.0649. The van der Waals surface area contributed by atoms with Crippen molar-refractivity contribution in [3.05, 3.63) is 0 Å². The quantitative estimate of drug-likeness (QED) is 0.747. The van der Waals surface area contributed by atoms with Gasteiger partial charge in [-0.1, -0.05) is 6.92 Å². The number of rotatable bonds is 1. The van der Waals surface area contributed by atoms with Gasteiger partial charge in [0, 0.05) is 18.6 Å². The van der Waals surface area contributed by atoms with E-state index in [2.05, 4.69) is 12.2 Å². The smallest absolute Gasteiger partial charge is 0.311 e. The molecule has 1 N–H and O–H groups in total. The molecule has 3 aliphatic carbocycles. The number of amides is 2. The Morgan fingerprint density at radius 2 is 1.55 bits per heavy atom. The van der Waals surface area contributed by atoms with Crippen LogP contribution >= 0.6 is 0 Å². The van der Waals surface area contributed by atoms with Crippen molar-refractivity contribution in [2.75, 3.05) is 13.1 Å². The molecule has 0 radical (unpaired) electrons. The summed E-state index contributed by atoms with van der Waals surface area (Å²) in [6.45, 7) is 3.69. The molecule has 4 aliphatic rings. The van der Waals surface area contributed by atoms with Gasteiger partial charge < -0.3 is 10.2 Å². The minimum absolute atomic E-state index is 0.0649. The summed E-state index contributed by atoms with van der Waals surface area (Å²) >= 11 is 0. The average molecular weight is 278 g/mol. The molecule has 1 saturated heterocycles. The molecule has 2 amide bonds. The van der Waals surface area contributed by atoms with E-state index in [1.165, 1.54) is 19.3 Å². The summed E-state index contributed by atoms with van der Waals surface area (Å²) in [7, 11) is 0. The van der Waals surface area contributed by atoms with Crippen LogP contribution in [0.5, 0.6) is 0 Å². The van der Waals surface area contributed by atoms with E-state index in [1.807, 2.05) is 0 Å². The third-order valence-electron chi connectivity index (χ3n) is 5.74. The molecule has 20 heavy (non-hydrogen) atoms. The zero-order valence-corrected chi connectivity index (χ0v) is 12.5. The Bertz CT molecular complexity index is 378. The van der Waals surface area contributed by atoms with Crippen molar-refractivity contribution in [2.24, 2.45) is 11.8 Å². The number of piperidine rings is 1. The van der Waals surface area contributed by atoms with Crippen LogP contribution < -0.4 is 5.32 Å². The average Bonchev–Trinajstić information content (AvgIpc) is 2.48. The first-order chi connectivity index (χ1) is 9.58. The maximum absolute atomic E-state index is 12.3. The molecule has 0 atom stereocenters. The third-order valence-corrected chi connectivity index (χ3v) is 5.74. The lowest BCUT2D eigenvalue weighted by Crippen LogP contribution is -2.57. The van der Waals surface area contributed by atoms with Crippen LogP contribution in [0.3, 0.4) is 0 Å².